The number of benzene rings is 1. The number of halogens is 1. The number of anilines is 1. The highest BCUT2D eigenvalue weighted by molar-refractivity contribution is 7.91. The van der Waals surface area contributed by atoms with Gasteiger partial charge in [0.05, 0.1) is 27.8 Å². The molecule has 0 amide bonds. The second kappa shape index (κ2) is 5.17. The molecule has 0 radical (unpaired) electrons. The third kappa shape index (κ3) is 2.95. The lowest BCUT2D eigenvalue weighted by Crippen LogP contribution is -2.16. The van der Waals surface area contributed by atoms with Gasteiger partial charge in [0.25, 0.3) is 0 Å². The topological polar surface area (TPSA) is 70.0 Å². The highest BCUT2D eigenvalue weighted by Gasteiger charge is 2.27. The predicted octanol–water partition coefficient (Wildman–Crippen LogP) is 2.06. The Morgan fingerprint density at radius 1 is 1.50 bits per heavy atom. The fourth-order valence-electron chi connectivity index (χ4n) is 2.07. The van der Waals surface area contributed by atoms with Gasteiger partial charge in [-0.25, -0.2) is 8.42 Å². The van der Waals surface area contributed by atoms with Crippen LogP contribution >= 0.6 is 11.6 Å². The summed E-state index contributed by atoms with van der Waals surface area (Å²) in [7, 11) is -2.85. The maximum atomic E-state index is 11.3. The van der Waals surface area contributed by atoms with Crippen molar-refractivity contribution in [3.05, 3.63) is 28.8 Å². The van der Waals surface area contributed by atoms with Gasteiger partial charge in [0.2, 0.25) is 0 Å². The quantitative estimate of drug-likeness (QED) is 0.922. The average Bonchev–Trinajstić information content (AvgIpc) is 2.66. The summed E-state index contributed by atoms with van der Waals surface area (Å²) in [6.45, 7) is 0.550. The van der Waals surface area contributed by atoms with E-state index in [0.717, 1.165) is 0 Å². The molecule has 4 nitrogen and oxygen atoms in total. The van der Waals surface area contributed by atoms with E-state index in [1.54, 1.807) is 18.2 Å². The van der Waals surface area contributed by atoms with Crippen LogP contribution in [0.4, 0.5) is 5.69 Å². The first-order chi connectivity index (χ1) is 8.52. The van der Waals surface area contributed by atoms with Gasteiger partial charge in [-0.3, -0.25) is 0 Å². The van der Waals surface area contributed by atoms with Crippen LogP contribution in [0.5, 0.6) is 0 Å². The van der Waals surface area contributed by atoms with Crippen molar-refractivity contribution < 1.29 is 8.42 Å². The molecule has 96 valence electrons. The van der Waals surface area contributed by atoms with E-state index in [0.29, 0.717) is 29.2 Å². The minimum atomic E-state index is -2.85. The zero-order chi connectivity index (χ0) is 13.2. The fourth-order valence-corrected chi connectivity index (χ4v) is 4.15. The Bertz CT molecular complexity index is 593. The smallest absolute Gasteiger partial charge is 0.150 e. The third-order valence-electron chi connectivity index (χ3n) is 3.03. The second-order valence-electron chi connectivity index (χ2n) is 4.42. The highest BCUT2D eigenvalue weighted by Crippen LogP contribution is 2.25. The molecule has 1 N–H and O–H groups in total. The summed E-state index contributed by atoms with van der Waals surface area (Å²) in [5, 5.41) is 12.5. The summed E-state index contributed by atoms with van der Waals surface area (Å²) in [5.41, 5.74) is 1.06. The number of sulfone groups is 1. The van der Waals surface area contributed by atoms with E-state index in [-0.39, 0.29) is 17.4 Å². The van der Waals surface area contributed by atoms with Crippen LogP contribution in [0.25, 0.3) is 0 Å². The maximum Gasteiger partial charge on any atom is 0.150 e. The first-order valence-corrected chi connectivity index (χ1v) is 7.84. The molecule has 1 atom stereocenters. The molecule has 1 saturated heterocycles. The van der Waals surface area contributed by atoms with E-state index in [4.69, 9.17) is 16.9 Å². The van der Waals surface area contributed by atoms with Gasteiger partial charge in [0.1, 0.15) is 6.07 Å². The summed E-state index contributed by atoms with van der Waals surface area (Å²) < 4.78 is 22.7. The number of hydrogen-bond donors (Lipinski definition) is 1. The summed E-state index contributed by atoms with van der Waals surface area (Å²) in [5.74, 6) is 0.600. The molecule has 0 saturated carbocycles. The van der Waals surface area contributed by atoms with Gasteiger partial charge in [-0.05, 0) is 24.5 Å². The van der Waals surface area contributed by atoms with Crippen molar-refractivity contribution >= 4 is 27.1 Å². The molecule has 1 aliphatic heterocycles. The molecule has 1 fully saturated rings. The van der Waals surface area contributed by atoms with Gasteiger partial charge >= 0.3 is 0 Å². The maximum absolute atomic E-state index is 11.3. The molecule has 6 heteroatoms. The molecule has 0 aliphatic carbocycles. The summed E-state index contributed by atoms with van der Waals surface area (Å²) >= 11 is 5.91. The zero-order valence-corrected chi connectivity index (χ0v) is 11.3. The Balaban J connectivity index is 2.04. The number of hydrogen-bond acceptors (Lipinski definition) is 4. The molecule has 2 rings (SSSR count). The second-order valence-corrected chi connectivity index (χ2v) is 7.06. The molecule has 1 aromatic rings. The molecule has 0 aromatic heterocycles. The molecular formula is C12H13ClN2O2S. The molecule has 1 aromatic carbocycles. The predicted molar refractivity (Wildman–Crippen MR) is 71.4 cm³/mol. The van der Waals surface area contributed by atoms with Gasteiger partial charge < -0.3 is 5.32 Å². The van der Waals surface area contributed by atoms with Crippen LogP contribution in [0.15, 0.2) is 18.2 Å². The number of nitriles is 1. The molecular weight excluding hydrogens is 272 g/mol. The Morgan fingerprint density at radius 3 is 2.89 bits per heavy atom. The Kier molecular flexibility index (Phi) is 3.79. The number of rotatable bonds is 3. The van der Waals surface area contributed by atoms with Crippen LogP contribution in [0.3, 0.4) is 0 Å². The van der Waals surface area contributed by atoms with Crippen LogP contribution in [-0.2, 0) is 9.84 Å². The van der Waals surface area contributed by atoms with Gasteiger partial charge in [-0.15, -0.1) is 0 Å². The molecule has 18 heavy (non-hydrogen) atoms. The molecule has 1 heterocycles. The summed E-state index contributed by atoms with van der Waals surface area (Å²) in [6, 6.07) is 7.23. The van der Waals surface area contributed by atoms with Crippen LogP contribution in [0, 0.1) is 17.2 Å². The number of nitrogens with one attached hydrogen (secondary N) is 1. The van der Waals surface area contributed by atoms with E-state index in [2.05, 4.69) is 5.32 Å². The molecule has 0 spiro atoms. The molecule has 0 bridgehead atoms. The summed E-state index contributed by atoms with van der Waals surface area (Å²) in [6.07, 6.45) is 0.678. The minimum absolute atomic E-state index is 0.112. The summed E-state index contributed by atoms with van der Waals surface area (Å²) in [4.78, 5) is 0. The van der Waals surface area contributed by atoms with Crippen molar-refractivity contribution in [3.8, 4) is 6.07 Å². The highest BCUT2D eigenvalue weighted by atomic mass is 35.5. The van der Waals surface area contributed by atoms with Gasteiger partial charge in [-0.1, -0.05) is 17.7 Å². The van der Waals surface area contributed by atoms with Crippen molar-refractivity contribution in [2.24, 2.45) is 5.92 Å². The molecule has 1 aliphatic rings. The SMILES string of the molecule is N#Cc1c(Cl)cccc1NCC1CCS(=O)(=O)C1. The van der Waals surface area contributed by atoms with Crippen molar-refractivity contribution in [1.82, 2.24) is 0 Å². The van der Waals surface area contributed by atoms with Crippen LogP contribution in [0.1, 0.15) is 12.0 Å². The third-order valence-corrected chi connectivity index (χ3v) is 5.19. The Labute approximate surface area is 111 Å². The van der Waals surface area contributed by atoms with Crippen LogP contribution < -0.4 is 5.32 Å². The van der Waals surface area contributed by atoms with Crippen molar-refractivity contribution in [2.75, 3.05) is 23.4 Å². The van der Waals surface area contributed by atoms with Gasteiger partial charge in [0, 0.05) is 6.54 Å². The standard InChI is InChI=1S/C12H13ClN2O2S/c13-11-2-1-3-12(10(11)6-14)15-7-9-4-5-18(16,17)8-9/h1-3,9,15H,4-5,7-8H2. The number of nitrogens with zero attached hydrogens (tertiary/aromatic N) is 1. The fraction of sp³-hybridized carbons (Fsp3) is 0.417. The van der Waals surface area contributed by atoms with Crippen LogP contribution in [-0.4, -0.2) is 26.5 Å². The first kappa shape index (κ1) is 13.2. The lowest BCUT2D eigenvalue weighted by molar-refractivity contribution is 0.596. The Morgan fingerprint density at radius 2 is 2.28 bits per heavy atom. The van der Waals surface area contributed by atoms with Gasteiger partial charge in [0.15, 0.2) is 9.84 Å². The normalized spacial score (nSPS) is 21.4. The average molecular weight is 285 g/mol. The Hall–Kier alpha value is -1.25. The van der Waals surface area contributed by atoms with Crippen molar-refractivity contribution in [2.45, 2.75) is 6.42 Å². The van der Waals surface area contributed by atoms with E-state index in [1.807, 2.05) is 6.07 Å². The van der Waals surface area contributed by atoms with E-state index < -0.39 is 9.84 Å². The molecule has 1 unspecified atom stereocenters. The van der Waals surface area contributed by atoms with E-state index >= 15 is 0 Å². The lowest BCUT2D eigenvalue weighted by atomic mass is 10.1. The minimum Gasteiger partial charge on any atom is -0.384 e. The van der Waals surface area contributed by atoms with E-state index in [1.165, 1.54) is 0 Å². The monoisotopic (exact) mass is 284 g/mol. The van der Waals surface area contributed by atoms with Crippen LogP contribution in [0.2, 0.25) is 5.02 Å². The first-order valence-electron chi connectivity index (χ1n) is 5.65. The van der Waals surface area contributed by atoms with Crippen molar-refractivity contribution in [1.29, 1.82) is 5.26 Å². The van der Waals surface area contributed by atoms with Crippen molar-refractivity contribution in [3.63, 3.8) is 0 Å². The lowest BCUT2D eigenvalue weighted by Gasteiger charge is -2.12. The zero-order valence-electron chi connectivity index (χ0n) is 9.69. The largest absolute Gasteiger partial charge is 0.384 e. The van der Waals surface area contributed by atoms with Gasteiger partial charge in [-0.2, -0.15) is 5.26 Å². The van der Waals surface area contributed by atoms with E-state index in [9.17, 15) is 8.42 Å².